The first kappa shape index (κ1) is 18.9. The van der Waals surface area contributed by atoms with Crippen LogP contribution in [-0.4, -0.2) is 37.1 Å². The monoisotopic (exact) mass is 369 g/mol. The summed E-state index contributed by atoms with van der Waals surface area (Å²) in [5.74, 6) is -1.23. The van der Waals surface area contributed by atoms with Crippen molar-refractivity contribution < 1.29 is 24.2 Å². The Balaban J connectivity index is 1.75. The van der Waals surface area contributed by atoms with E-state index in [0.29, 0.717) is 31.5 Å². The van der Waals surface area contributed by atoms with Crippen molar-refractivity contribution in [2.45, 2.75) is 24.9 Å². The Morgan fingerprint density at radius 2 is 1.81 bits per heavy atom. The van der Waals surface area contributed by atoms with Crippen molar-refractivity contribution in [3.8, 4) is 11.5 Å². The van der Waals surface area contributed by atoms with Gasteiger partial charge in [-0.15, -0.1) is 0 Å². The number of methoxy groups -OCH3 is 1. The van der Waals surface area contributed by atoms with Crippen LogP contribution in [0.2, 0.25) is 0 Å². The number of ether oxygens (including phenoxy) is 2. The molecule has 1 aliphatic heterocycles. The van der Waals surface area contributed by atoms with Gasteiger partial charge in [-0.3, -0.25) is 4.79 Å². The van der Waals surface area contributed by atoms with E-state index >= 15 is 0 Å². The first-order valence-electron chi connectivity index (χ1n) is 8.92. The Hall–Kier alpha value is -2.86. The van der Waals surface area contributed by atoms with E-state index in [1.165, 1.54) is 19.2 Å². The van der Waals surface area contributed by atoms with Crippen LogP contribution in [-0.2, 0) is 26.3 Å². The molecular formula is C21H23NO5. The Labute approximate surface area is 158 Å². The van der Waals surface area contributed by atoms with Gasteiger partial charge in [0.05, 0.1) is 7.11 Å². The summed E-state index contributed by atoms with van der Waals surface area (Å²) < 4.78 is 10.8. The Morgan fingerprint density at radius 3 is 2.48 bits per heavy atom. The maximum atomic E-state index is 12.5. The van der Waals surface area contributed by atoms with Gasteiger partial charge in [-0.1, -0.05) is 36.4 Å². The molecule has 0 aromatic heterocycles. The van der Waals surface area contributed by atoms with E-state index in [1.807, 2.05) is 30.3 Å². The molecule has 1 aliphatic rings. The largest absolute Gasteiger partial charge is 0.504 e. The second-order valence-corrected chi connectivity index (χ2v) is 6.61. The Bertz CT molecular complexity index is 813. The molecule has 2 N–H and O–H groups in total. The van der Waals surface area contributed by atoms with Gasteiger partial charge in [0.2, 0.25) is 5.78 Å². The van der Waals surface area contributed by atoms with E-state index in [-0.39, 0.29) is 17.9 Å². The number of piperidine rings is 1. The summed E-state index contributed by atoms with van der Waals surface area (Å²) in [6.45, 7) is 1.43. The lowest BCUT2D eigenvalue weighted by molar-refractivity contribution is -0.169. The van der Waals surface area contributed by atoms with Crippen LogP contribution in [0.3, 0.4) is 0 Å². The van der Waals surface area contributed by atoms with Gasteiger partial charge >= 0.3 is 5.97 Å². The summed E-state index contributed by atoms with van der Waals surface area (Å²) in [6.07, 6.45) is 1.12. The summed E-state index contributed by atoms with van der Waals surface area (Å²) in [4.78, 5) is 25.0. The van der Waals surface area contributed by atoms with Crippen molar-refractivity contribution in [3.05, 3.63) is 59.7 Å². The molecule has 6 heteroatoms. The van der Waals surface area contributed by atoms with Crippen LogP contribution in [0.5, 0.6) is 11.5 Å². The van der Waals surface area contributed by atoms with Gasteiger partial charge in [0.15, 0.2) is 11.5 Å². The van der Waals surface area contributed by atoms with Gasteiger partial charge in [-0.05, 0) is 36.3 Å². The van der Waals surface area contributed by atoms with E-state index in [4.69, 9.17) is 9.47 Å². The predicted molar refractivity (Wildman–Crippen MR) is 99.7 cm³/mol. The van der Waals surface area contributed by atoms with E-state index in [1.54, 1.807) is 6.07 Å². The fourth-order valence-electron chi connectivity index (χ4n) is 3.35. The number of carbonyl (C=O) groups excluding carboxylic acids is 2. The highest BCUT2D eigenvalue weighted by Gasteiger charge is 2.39. The second kappa shape index (κ2) is 8.22. The minimum absolute atomic E-state index is 0.0194. The van der Waals surface area contributed by atoms with E-state index in [2.05, 4.69) is 5.32 Å². The lowest BCUT2D eigenvalue weighted by atomic mass is 9.84. The highest BCUT2D eigenvalue weighted by atomic mass is 16.6. The zero-order valence-electron chi connectivity index (χ0n) is 15.2. The zero-order valence-corrected chi connectivity index (χ0v) is 15.2. The van der Waals surface area contributed by atoms with Crippen molar-refractivity contribution in [3.63, 3.8) is 0 Å². The lowest BCUT2D eigenvalue weighted by Crippen LogP contribution is -2.44. The number of esters is 1. The molecule has 0 spiro atoms. The maximum Gasteiger partial charge on any atom is 0.375 e. The molecule has 0 radical (unpaired) electrons. The molecule has 142 valence electrons. The van der Waals surface area contributed by atoms with Crippen LogP contribution < -0.4 is 10.1 Å². The number of ketones is 1. The number of benzene rings is 2. The summed E-state index contributed by atoms with van der Waals surface area (Å²) >= 11 is 0. The minimum atomic E-state index is -0.840. The number of hydrogen-bond donors (Lipinski definition) is 2. The normalized spacial score (nSPS) is 15.7. The Morgan fingerprint density at radius 1 is 1.11 bits per heavy atom. The molecule has 2 aromatic rings. The van der Waals surface area contributed by atoms with Gasteiger partial charge in [0.1, 0.15) is 5.60 Å². The van der Waals surface area contributed by atoms with Crippen LogP contribution >= 0.6 is 0 Å². The van der Waals surface area contributed by atoms with Crippen molar-refractivity contribution in [2.24, 2.45) is 0 Å². The third-order valence-electron chi connectivity index (χ3n) is 4.84. The van der Waals surface area contributed by atoms with E-state index in [9.17, 15) is 14.7 Å². The molecule has 1 heterocycles. The minimum Gasteiger partial charge on any atom is -0.504 e. The van der Waals surface area contributed by atoms with Gasteiger partial charge < -0.3 is 19.9 Å². The SMILES string of the molecule is COc1cc(CC(=O)C(=O)OC2(c3ccccc3)CCNCC2)ccc1O. The van der Waals surface area contributed by atoms with Crippen LogP contribution in [0.4, 0.5) is 0 Å². The third kappa shape index (κ3) is 4.28. The van der Waals surface area contributed by atoms with Crippen molar-refractivity contribution in [1.82, 2.24) is 5.32 Å². The number of nitrogens with one attached hydrogen (secondary N) is 1. The van der Waals surface area contributed by atoms with Crippen LogP contribution in [0.15, 0.2) is 48.5 Å². The first-order valence-corrected chi connectivity index (χ1v) is 8.92. The molecule has 6 nitrogen and oxygen atoms in total. The average Bonchev–Trinajstić information content (AvgIpc) is 2.70. The lowest BCUT2D eigenvalue weighted by Gasteiger charge is -2.37. The average molecular weight is 369 g/mol. The van der Waals surface area contributed by atoms with Crippen molar-refractivity contribution in [1.29, 1.82) is 0 Å². The number of aromatic hydroxyl groups is 1. The number of rotatable bonds is 6. The molecule has 27 heavy (non-hydrogen) atoms. The molecule has 1 saturated heterocycles. The molecule has 2 aromatic carbocycles. The molecule has 3 rings (SSSR count). The zero-order chi connectivity index (χ0) is 19.3. The van der Waals surface area contributed by atoms with Crippen LogP contribution in [0.1, 0.15) is 24.0 Å². The number of phenolic OH excluding ortho intramolecular Hbond substituents is 1. The Kier molecular flexibility index (Phi) is 5.76. The number of Topliss-reactive ketones (excluding diaryl/α,β-unsaturated/α-hetero) is 1. The predicted octanol–water partition coefficient (Wildman–Crippen LogP) is 2.33. The number of carbonyl (C=O) groups is 2. The van der Waals surface area contributed by atoms with Gasteiger partial charge in [-0.25, -0.2) is 4.79 Å². The number of hydrogen-bond acceptors (Lipinski definition) is 6. The molecular weight excluding hydrogens is 346 g/mol. The smallest absolute Gasteiger partial charge is 0.375 e. The molecule has 0 bridgehead atoms. The van der Waals surface area contributed by atoms with Gasteiger partial charge in [0, 0.05) is 19.3 Å². The second-order valence-electron chi connectivity index (χ2n) is 6.61. The van der Waals surface area contributed by atoms with E-state index < -0.39 is 17.4 Å². The molecule has 1 fully saturated rings. The van der Waals surface area contributed by atoms with Crippen LogP contribution in [0, 0.1) is 0 Å². The highest BCUT2D eigenvalue weighted by molar-refractivity contribution is 6.34. The molecule has 0 amide bonds. The summed E-state index contributed by atoms with van der Waals surface area (Å²) in [5.41, 5.74) is 0.691. The highest BCUT2D eigenvalue weighted by Crippen LogP contribution is 2.35. The van der Waals surface area contributed by atoms with Crippen molar-refractivity contribution in [2.75, 3.05) is 20.2 Å². The molecule has 0 aliphatic carbocycles. The van der Waals surface area contributed by atoms with Gasteiger partial charge in [-0.2, -0.15) is 0 Å². The first-order chi connectivity index (χ1) is 13.0. The standard InChI is InChI=1S/C21H23NO5/c1-26-19-14-15(7-8-17(19)23)13-18(24)20(25)27-21(9-11-22-12-10-21)16-5-3-2-4-6-16/h2-8,14,22-23H,9-13H2,1H3. The topological polar surface area (TPSA) is 84.9 Å². The maximum absolute atomic E-state index is 12.5. The quantitative estimate of drug-likeness (QED) is 0.601. The molecule has 0 saturated carbocycles. The molecule has 0 atom stereocenters. The van der Waals surface area contributed by atoms with E-state index in [0.717, 1.165) is 5.56 Å². The fourth-order valence-corrected chi connectivity index (χ4v) is 3.35. The van der Waals surface area contributed by atoms with Gasteiger partial charge in [0.25, 0.3) is 0 Å². The van der Waals surface area contributed by atoms with Crippen LogP contribution in [0.25, 0.3) is 0 Å². The summed E-state index contributed by atoms with van der Waals surface area (Å²) in [7, 11) is 1.43. The summed E-state index contributed by atoms with van der Waals surface area (Å²) in [6, 6.07) is 14.1. The van der Waals surface area contributed by atoms with Crippen molar-refractivity contribution >= 4 is 11.8 Å². The number of phenols is 1. The third-order valence-corrected chi connectivity index (χ3v) is 4.84. The fraction of sp³-hybridized carbons (Fsp3) is 0.333. The molecule has 0 unspecified atom stereocenters. The summed E-state index contributed by atoms with van der Waals surface area (Å²) in [5, 5.41) is 12.9.